The fourth-order valence-electron chi connectivity index (χ4n) is 1.95. The van der Waals surface area contributed by atoms with Gasteiger partial charge in [-0.15, -0.1) is 0 Å². The summed E-state index contributed by atoms with van der Waals surface area (Å²) >= 11 is 0. The Hall–Kier alpha value is -2.50. The molecule has 1 N–H and O–H groups in total. The van der Waals surface area contributed by atoms with Crippen molar-refractivity contribution in [2.75, 3.05) is 19.5 Å². The number of halogens is 2. The van der Waals surface area contributed by atoms with Crippen LogP contribution in [0.1, 0.15) is 5.56 Å². The number of methoxy groups -OCH3 is 2. The molecule has 4 nitrogen and oxygen atoms in total. The Bertz CT molecular complexity index is 620. The molecule has 0 aromatic heterocycles. The normalized spacial score (nSPS) is 10.4. The number of anilines is 1. The van der Waals surface area contributed by atoms with Crippen LogP contribution in [-0.2, 0) is 6.54 Å². The van der Waals surface area contributed by atoms with E-state index in [2.05, 4.69) is 10.1 Å². The number of hydrogen-bond donors (Lipinski definition) is 1. The second kappa shape index (κ2) is 7.49. The van der Waals surface area contributed by atoms with Crippen LogP contribution in [0.5, 0.6) is 17.2 Å². The largest absolute Gasteiger partial charge is 0.497 e. The first-order chi connectivity index (χ1) is 10.6. The lowest BCUT2D eigenvalue weighted by Crippen LogP contribution is -2.05. The van der Waals surface area contributed by atoms with Gasteiger partial charge in [0.15, 0.2) is 11.5 Å². The van der Waals surface area contributed by atoms with Crippen LogP contribution >= 0.6 is 0 Å². The monoisotopic (exact) mass is 309 g/mol. The zero-order valence-corrected chi connectivity index (χ0v) is 12.3. The fraction of sp³-hybridized carbons (Fsp3) is 0.250. The van der Waals surface area contributed by atoms with Gasteiger partial charge in [-0.2, -0.15) is 8.78 Å². The Kier molecular flexibility index (Phi) is 5.41. The predicted molar refractivity (Wildman–Crippen MR) is 79.9 cm³/mol. The van der Waals surface area contributed by atoms with Crippen LogP contribution in [0.4, 0.5) is 14.5 Å². The van der Waals surface area contributed by atoms with Crippen molar-refractivity contribution in [1.29, 1.82) is 0 Å². The SMILES string of the molecule is COc1cccc(NCc2ccc(OC(F)F)c(OC)c2)c1. The first kappa shape index (κ1) is 15.9. The quantitative estimate of drug-likeness (QED) is 0.841. The Morgan fingerprint density at radius 3 is 2.50 bits per heavy atom. The van der Waals surface area contributed by atoms with Crippen LogP contribution in [0.3, 0.4) is 0 Å². The summed E-state index contributed by atoms with van der Waals surface area (Å²) in [4.78, 5) is 0. The van der Waals surface area contributed by atoms with E-state index in [0.29, 0.717) is 6.54 Å². The third-order valence-corrected chi connectivity index (χ3v) is 3.01. The predicted octanol–water partition coefficient (Wildman–Crippen LogP) is 3.92. The zero-order valence-electron chi connectivity index (χ0n) is 12.3. The highest BCUT2D eigenvalue weighted by molar-refractivity contribution is 5.49. The molecule has 2 aromatic rings. The van der Waals surface area contributed by atoms with E-state index in [1.54, 1.807) is 19.2 Å². The Balaban J connectivity index is 2.06. The van der Waals surface area contributed by atoms with Gasteiger partial charge in [0.2, 0.25) is 0 Å². The van der Waals surface area contributed by atoms with Gasteiger partial charge in [-0.1, -0.05) is 12.1 Å². The van der Waals surface area contributed by atoms with E-state index < -0.39 is 6.61 Å². The van der Waals surface area contributed by atoms with Crippen LogP contribution in [0.2, 0.25) is 0 Å². The van der Waals surface area contributed by atoms with E-state index in [9.17, 15) is 8.78 Å². The number of ether oxygens (including phenoxy) is 3. The highest BCUT2D eigenvalue weighted by Gasteiger charge is 2.11. The molecule has 2 aromatic carbocycles. The van der Waals surface area contributed by atoms with Crippen LogP contribution in [0, 0.1) is 0 Å². The van der Waals surface area contributed by atoms with E-state index in [-0.39, 0.29) is 11.5 Å². The first-order valence-electron chi connectivity index (χ1n) is 6.62. The van der Waals surface area contributed by atoms with Gasteiger partial charge in [-0.05, 0) is 29.8 Å². The molecule has 0 aliphatic rings. The number of alkyl halides is 2. The molecule has 0 radical (unpaired) electrons. The molecule has 0 bridgehead atoms. The minimum Gasteiger partial charge on any atom is -0.497 e. The number of hydrogen-bond acceptors (Lipinski definition) is 4. The smallest absolute Gasteiger partial charge is 0.387 e. The van der Waals surface area contributed by atoms with Crippen molar-refractivity contribution in [1.82, 2.24) is 0 Å². The lowest BCUT2D eigenvalue weighted by atomic mass is 10.2. The first-order valence-corrected chi connectivity index (χ1v) is 6.62. The van der Waals surface area contributed by atoms with Crippen molar-refractivity contribution in [3.05, 3.63) is 48.0 Å². The molecule has 0 aliphatic heterocycles. The number of rotatable bonds is 7. The minimum atomic E-state index is -2.88. The van der Waals surface area contributed by atoms with Gasteiger partial charge in [-0.25, -0.2) is 0 Å². The van der Waals surface area contributed by atoms with Gasteiger partial charge in [0.05, 0.1) is 14.2 Å². The third-order valence-electron chi connectivity index (χ3n) is 3.01. The summed E-state index contributed by atoms with van der Waals surface area (Å²) in [6.07, 6.45) is 0. The molecule has 0 aliphatic carbocycles. The molecular weight excluding hydrogens is 292 g/mol. The molecule has 6 heteroatoms. The van der Waals surface area contributed by atoms with Crippen molar-refractivity contribution in [3.8, 4) is 17.2 Å². The molecule has 2 rings (SSSR count). The molecule has 0 atom stereocenters. The molecule has 0 saturated carbocycles. The Morgan fingerprint density at radius 2 is 1.82 bits per heavy atom. The average molecular weight is 309 g/mol. The summed E-state index contributed by atoms with van der Waals surface area (Å²) < 4.78 is 39.2. The van der Waals surface area contributed by atoms with Crippen molar-refractivity contribution in [2.24, 2.45) is 0 Å². The van der Waals surface area contributed by atoms with Gasteiger partial charge in [-0.3, -0.25) is 0 Å². The van der Waals surface area contributed by atoms with Crippen LogP contribution in [0.15, 0.2) is 42.5 Å². The fourth-order valence-corrected chi connectivity index (χ4v) is 1.95. The number of benzene rings is 2. The molecule has 0 heterocycles. The standard InChI is InChI=1S/C16H17F2NO3/c1-20-13-5-3-4-12(9-13)19-10-11-6-7-14(22-16(17)18)15(8-11)21-2/h3-9,16,19H,10H2,1-2H3. The van der Waals surface area contributed by atoms with Crippen molar-refractivity contribution in [2.45, 2.75) is 13.2 Å². The zero-order chi connectivity index (χ0) is 15.9. The van der Waals surface area contributed by atoms with Gasteiger partial charge in [0.1, 0.15) is 5.75 Å². The van der Waals surface area contributed by atoms with E-state index in [1.807, 2.05) is 24.3 Å². The second-order valence-electron chi connectivity index (χ2n) is 4.45. The molecule has 0 amide bonds. The lowest BCUT2D eigenvalue weighted by Gasteiger charge is -2.12. The summed E-state index contributed by atoms with van der Waals surface area (Å²) in [5, 5.41) is 3.22. The average Bonchev–Trinajstić information content (AvgIpc) is 2.53. The van der Waals surface area contributed by atoms with E-state index in [1.165, 1.54) is 13.2 Å². The van der Waals surface area contributed by atoms with E-state index in [0.717, 1.165) is 17.0 Å². The summed E-state index contributed by atoms with van der Waals surface area (Å²) in [6, 6.07) is 12.3. The lowest BCUT2D eigenvalue weighted by molar-refractivity contribution is -0.0512. The highest BCUT2D eigenvalue weighted by Crippen LogP contribution is 2.29. The highest BCUT2D eigenvalue weighted by atomic mass is 19.3. The second-order valence-corrected chi connectivity index (χ2v) is 4.45. The molecule has 0 fully saturated rings. The van der Waals surface area contributed by atoms with Gasteiger partial charge >= 0.3 is 6.61 Å². The maximum Gasteiger partial charge on any atom is 0.387 e. The molecule has 118 valence electrons. The summed E-state index contributed by atoms with van der Waals surface area (Å²) in [7, 11) is 3.01. The van der Waals surface area contributed by atoms with E-state index >= 15 is 0 Å². The van der Waals surface area contributed by atoms with E-state index in [4.69, 9.17) is 9.47 Å². The van der Waals surface area contributed by atoms with Crippen molar-refractivity contribution < 1.29 is 23.0 Å². The number of nitrogens with one attached hydrogen (secondary N) is 1. The topological polar surface area (TPSA) is 39.7 Å². The maximum absolute atomic E-state index is 12.3. The van der Waals surface area contributed by atoms with Crippen LogP contribution in [0.25, 0.3) is 0 Å². The van der Waals surface area contributed by atoms with Crippen LogP contribution in [-0.4, -0.2) is 20.8 Å². The minimum absolute atomic E-state index is 0.0163. The summed E-state index contributed by atoms with van der Waals surface area (Å²) in [6.45, 7) is -2.37. The van der Waals surface area contributed by atoms with Gasteiger partial charge in [0.25, 0.3) is 0 Å². The third kappa shape index (κ3) is 4.25. The summed E-state index contributed by atoms with van der Waals surface area (Å²) in [5.74, 6) is 1.04. The molecule has 0 spiro atoms. The molecular formula is C16H17F2NO3. The molecule has 0 saturated heterocycles. The summed E-state index contributed by atoms with van der Waals surface area (Å²) in [5.41, 5.74) is 1.77. The van der Waals surface area contributed by atoms with Gasteiger partial charge < -0.3 is 19.5 Å². The van der Waals surface area contributed by atoms with Gasteiger partial charge in [0, 0.05) is 18.3 Å². The van der Waals surface area contributed by atoms with Crippen molar-refractivity contribution >= 4 is 5.69 Å². The van der Waals surface area contributed by atoms with Crippen LogP contribution < -0.4 is 19.5 Å². The Morgan fingerprint density at radius 1 is 1.00 bits per heavy atom. The maximum atomic E-state index is 12.3. The molecule has 22 heavy (non-hydrogen) atoms. The molecule has 0 unspecified atom stereocenters. The van der Waals surface area contributed by atoms with Crippen molar-refractivity contribution in [3.63, 3.8) is 0 Å². The Labute approximate surface area is 127 Å².